The highest BCUT2D eigenvalue weighted by atomic mass is 19.4. The Hall–Kier alpha value is -3.74. The van der Waals surface area contributed by atoms with Gasteiger partial charge < -0.3 is 5.73 Å². The molecule has 4 aromatic rings. The highest BCUT2D eigenvalue weighted by Crippen LogP contribution is 2.31. The maximum Gasteiger partial charge on any atom is 0.416 e. The number of halogens is 3. The lowest BCUT2D eigenvalue weighted by atomic mass is 10.0. The fourth-order valence-electron chi connectivity index (χ4n) is 3.09. The highest BCUT2D eigenvalue weighted by molar-refractivity contribution is 5.71. The predicted octanol–water partition coefficient (Wildman–Crippen LogP) is 5.78. The SMILES string of the molecule is Cc1cc(-c2ccc(C(F)(F)F)cc2)nc(-c2cccc(-c3ccc(N)nc3)c2)n1. The van der Waals surface area contributed by atoms with Crippen LogP contribution in [-0.2, 0) is 6.18 Å². The lowest BCUT2D eigenvalue weighted by molar-refractivity contribution is -0.137. The highest BCUT2D eigenvalue weighted by Gasteiger charge is 2.30. The van der Waals surface area contributed by atoms with Gasteiger partial charge in [-0.3, -0.25) is 0 Å². The number of rotatable bonds is 3. The number of nitrogen functional groups attached to an aromatic ring is 1. The molecule has 30 heavy (non-hydrogen) atoms. The topological polar surface area (TPSA) is 64.7 Å². The average Bonchev–Trinajstić information content (AvgIpc) is 2.73. The quantitative estimate of drug-likeness (QED) is 0.468. The number of anilines is 1. The molecule has 4 rings (SSSR count). The molecule has 2 aromatic heterocycles. The van der Waals surface area contributed by atoms with E-state index in [9.17, 15) is 13.2 Å². The average molecular weight is 406 g/mol. The smallest absolute Gasteiger partial charge is 0.384 e. The summed E-state index contributed by atoms with van der Waals surface area (Å²) in [5, 5.41) is 0. The maximum atomic E-state index is 12.8. The van der Waals surface area contributed by atoms with Crippen LogP contribution in [0.5, 0.6) is 0 Å². The number of aromatic nitrogens is 3. The van der Waals surface area contributed by atoms with E-state index in [2.05, 4.69) is 15.0 Å². The van der Waals surface area contributed by atoms with Crippen molar-refractivity contribution in [1.29, 1.82) is 0 Å². The normalized spacial score (nSPS) is 11.5. The Kier molecular flexibility index (Phi) is 4.95. The van der Waals surface area contributed by atoms with Crippen LogP contribution in [0.15, 0.2) is 72.9 Å². The van der Waals surface area contributed by atoms with E-state index >= 15 is 0 Å². The molecular formula is C23H17F3N4. The Labute approximate surface area is 171 Å². The minimum Gasteiger partial charge on any atom is -0.384 e. The fraction of sp³-hybridized carbons (Fsp3) is 0.0870. The molecule has 2 aromatic carbocycles. The number of alkyl halides is 3. The van der Waals surface area contributed by atoms with E-state index in [1.165, 1.54) is 12.1 Å². The summed E-state index contributed by atoms with van der Waals surface area (Å²) in [6.45, 7) is 1.83. The lowest BCUT2D eigenvalue weighted by Crippen LogP contribution is -2.04. The maximum absolute atomic E-state index is 12.8. The summed E-state index contributed by atoms with van der Waals surface area (Å²) in [5.41, 5.74) is 9.46. The summed E-state index contributed by atoms with van der Waals surface area (Å²) in [5.74, 6) is 0.938. The van der Waals surface area contributed by atoms with Gasteiger partial charge in [-0.15, -0.1) is 0 Å². The first-order valence-corrected chi connectivity index (χ1v) is 9.15. The molecule has 0 saturated heterocycles. The van der Waals surface area contributed by atoms with Gasteiger partial charge in [0.05, 0.1) is 11.3 Å². The van der Waals surface area contributed by atoms with E-state index in [1.54, 1.807) is 18.3 Å². The van der Waals surface area contributed by atoms with Crippen molar-refractivity contribution in [1.82, 2.24) is 15.0 Å². The number of benzene rings is 2. The molecule has 2 N–H and O–H groups in total. The van der Waals surface area contributed by atoms with Gasteiger partial charge in [0.25, 0.3) is 0 Å². The second-order valence-corrected chi connectivity index (χ2v) is 6.85. The van der Waals surface area contributed by atoms with Crippen LogP contribution in [0.1, 0.15) is 11.3 Å². The molecule has 0 aliphatic rings. The Morgan fingerprint density at radius 2 is 1.47 bits per heavy atom. The van der Waals surface area contributed by atoms with Crippen LogP contribution in [0.25, 0.3) is 33.8 Å². The van der Waals surface area contributed by atoms with Gasteiger partial charge in [-0.1, -0.05) is 30.3 Å². The van der Waals surface area contributed by atoms with Crippen molar-refractivity contribution in [3.63, 3.8) is 0 Å². The van der Waals surface area contributed by atoms with Crippen LogP contribution in [0.4, 0.5) is 19.0 Å². The number of nitrogens with two attached hydrogens (primary N) is 1. The monoisotopic (exact) mass is 406 g/mol. The van der Waals surface area contributed by atoms with Gasteiger partial charge in [-0.25, -0.2) is 15.0 Å². The third kappa shape index (κ3) is 4.15. The lowest BCUT2D eigenvalue weighted by Gasteiger charge is -2.10. The van der Waals surface area contributed by atoms with Crippen molar-refractivity contribution in [2.75, 3.05) is 5.73 Å². The fourth-order valence-corrected chi connectivity index (χ4v) is 3.09. The minimum atomic E-state index is -4.37. The molecule has 0 spiro atoms. The van der Waals surface area contributed by atoms with Gasteiger partial charge in [0.2, 0.25) is 0 Å². The number of hydrogen-bond acceptors (Lipinski definition) is 4. The van der Waals surface area contributed by atoms with Crippen molar-refractivity contribution < 1.29 is 13.2 Å². The van der Waals surface area contributed by atoms with Crippen LogP contribution in [0.3, 0.4) is 0 Å². The molecule has 2 heterocycles. The van der Waals surface area contributed by atoms with Crippen LogP contribution >= 0.6 is 0 Å². The molecule has 0 fully saturated rings. The molecule has 150 valence electrons. The van der Waals surface area contributed by atoms with E-state index in [1.807, 2.05) is 37.3 Å². The second-order valence-electron chi connectivity index (χ2n) is 6.85. The van der Waals surface area contributed by atoms with Crippen LogP contribution in [0.2, 0.25) is 0 Å². The van der Waals surface area contributed by atoms with Crippen molar-refractivity contribution >= 4 is 5.82 Å². The third-order valence-corrected chi connectivity index (χ3v) is 4.60. The van der Waals surface area contributed by atoms with Gasteiger partial charge in [0, 0.05) is 28.6 Å². The Bertz CT molecular complexity index is 1180. The Balaban J connectivity index is 1.72. The first-order chi connectivity index (χ1) is 14.3. The number of aryl methyl sites for hydroxylation is 1. The number of hydrogen-bond donors (Lipinski definition) is 1. The minimum absolute atomic E-state index is 0.443. The van der Waals surface area contributed by atoms with Crippen molar-refractivity contribution in [2.24, 2.45) is 0 Å². The molecule has 0 bridgehead atoms. The molecule has 0 radical (unpaired) electrons. The van der Waals surface area contributed by atoms with E-state index in [-0.39, 0.29) is 0 Å². The van der Waals surface area contributed by atoms with Crippen LogP contribution in [-0.4, -0.2) is 15.0 Å². The summed E-state index contributed by atoms with van der Waals surface area (Å²) in [7, 11) is 0. The zero-order valence-electron chi connectivity index (χ0n) is 16.0. The third-order valence-electron chi connectivity index (χ3n) is 4.60. The van der Waals surface area contributed by atoms with Crippen LogP contribution < -0.4 is 5.73 Å². The largest absolute Gasteiger partial charge is 0.416 e. The molecular weight excluding hydrogens is 389 g/mol. The van der Waals surface area contributed by atoms with Gasteiger partial charge in [-0.05, 0) is 48.9 Å². The first-order valence-electron chi connectivity index (χ1n) is 9.15. The van der Waals surface area contributed by atoms with Gasteiger partial charge >= 0.3 is 6.18 Å². The van der Waals surface area contributed by atoms with E-state index in [0.29, 0.717) is 22.9 Å². The zero-order valence-corrected chi connectivity index (χ0v) is 16.0. The van der Waals surface area contributed by atoms with Gasteiger partial charge in [0.1, 0.15) is 5.82 Å². The van der Waals surface area contributed by atoms with Gasteiger partial charge in [-0.2, -0.15) is 13.2 Å². The molecule has 0 aliphatic heterocycles. The molecule has 4 nitrogen and oxygen atoms in total. The molecule has 0 unspecified atom stereocenters. The summed E-state index contributed by atoms with van der Waals surface area (Å²) in [6.07, 6.45) is -2.68. The second kappa shape index (κ2) is 7.59. The zero-order chi connectivity index (χ0) is 21.3. The van der Waals surface area contributed by atoms with Gasteiger partial charge in [0.15, 0.2) is 5.82 Å². The molecule has 0 saturated carbocycles. The van der Waals surface area contributed by atoms with E-state index in [4.69, 9.17) is 5.73 Å². The summed E-state index contributed by atoms with van der Waals surface area (Å²) in [4.78, 5) is 13.2. The Morgan fingerprint density at radius 3 is 2.13 bits per heavy atom. The van der Waals surface area contributed by atoms with Crippen LogP contribution in [0, 0.1) is 6.92 Å². The molecule has 0 atom stereocenters. The summed E-state index contributed by atoms with van der Waals surface area (Å²) < 4.78 is 38.5. The predicted molar refractivity (Wildman–Crippen MR) is 110 cm³/mol. The summed E-state index contributed by atoms with van der Waals surface area (Å²) in [6, 6.07) is 18.0. The first kappa shape index (κ1) is 19.6. The van der Waals surface area contributed by atoms with Crippen molar-refractivity contribution in [3.05, 3.63) is 84.2 Å². The number of nitrogens with zero attached hydrogens (tertiary/aromatic N) is 3. The van der Waals surface area contributed by atoms with E-state index < -0.39 is 11.7 Å². The van der Waals surface area contributed by atoms with Crippen molar-refractivity contribution in [3.8, 4) is 33.8 Å². The Morgan fingerprint density at radius 1 is 0.767 bits per heavy atom. The standard InChI is InChI=1S/C23H17F3N4/c1-14-11-20(15-5-8-19(9-6-15)23(24,25)26)30-22(29-14)17-4-2-3-16(12-17)18-7-10-21(27)28-13-18/h2-13H,1H3,(H2,27,28). The molecule has 0 amide bonds. The number of pyridine rings is 1. The molecule has 7 heteroatoms. The van der Waals surface area contributed by atoms with Crippen molar-refractivity contribution in [2.45, 2.75) is 13.1 Å². The van der Waals surface area contributed by atoms with E-state index in [0.717, 1.165) is 34.5 Å². The summed E-state index contributed by atoms with van der Waals surface area (Å²) >= 11 is 0. The molecule has 0 aliphatic carbocycles.